The normalized spacial score (nSPS) is 34.6. The minimum absolute atomic E-state index is 0.371. The second-order valence-corrected chi connectivity index (χ2v) is 5.10. The zero-order chi connectivity index (χ0) is 9.97. The molecular weight excluding hydrogens is 172 g/mol. The largest absolute Gasteiger partial charge is 0.396 e. The van der Waals surface area contributed by atoms with Gasteiger partial charge in [-0.15, -0.1) is 0 Å². The van der Waals surface area contributed by atoms with E-state index in [1.165, 1.54) is 38.5 Å². The summed E-state index contributed by atoms with van der Waals surface area (Å²) >= 11 is 0. The summed E-state index contributed by atoms with van der Waals surface area (Å²) in [6.45, 7) is 2.57. The number of rotatable bonds is 2. The SMILES string of the molecule is CC(CO)C1CCC2=CCCCC2C1. The number of fused-ring (bicyclic) bond motifs is 1. The molecule has 2 aliphatic rings. The van der Waals surface area contributed by atoms with E-state index in [-0.39, 0.29) is 0 Å². The van der Waals surface area contributed by atoms with Crippen molar-refractivity contribution in [1.29, 1.82) is 0 Å². The van der Waals surface area contributed by atoms with Gasteiger partial charge in [-0.05, 0) is 56.3 Å². The summed E-state index contributed by atoms with van der Waals surface area (Å²) in [4.78, 5) is 0. The van der Waals surface area contributed by atoms with Gasteiger partial charge in [-0.25, -0.2) is 0 Å². The van der Waals surface area contributed by atoms with E-state index in [0.717, 1.165) is 11.8 Å². The molecule has 0 aliphatic heterocycles. The van der Waals surface area contributed by atoms with Gasteiger partial charge < -0.3 is 5.11 Å². The van der Waals surface area contributed by atoms with Crippen LogP contribution in [0.2, 0.25) is 0 Å². The Balaban J connectivity index is 1.97. The maximum atomic E-state index is 9.17. The predicted octanol–water partition coefficient (Wildman–Crippen LogP) is 3.14. The van der Waals surface area contributed by atoms with Crippen molar-refractivity contribution >= 4 is 0 Å². The zero-order valence-corrected chi connectivity index (χ0v) is 9.21. The van der Waals surface area contributed by atoms with Gasteiger partial charge in [-0.1, -0.05) is 18.6 Å². The lowest BCUT2D eigenvalue weighted by Gasteiger charge is -2.36. The molecule has 1 nitrogen and oxygen atoms in total. The Labute approximate surface area is 87.2 Å². The first-order valence-corrected chi connectivity index (χ1v) is 6.11. The van der Waals surface area contributed by atoms with Gasteiger partial charge in [0.25, 0.3) is 0 Å². The molecule has 2 rings (SSSR count). The fourth-order valence-electron chi connectivity index (χ4n) is 3.08. The summed E-state index contributed by atoms with van der Waals surface area (Å²) < 4.78 is 0. The van der Waals surface area contributed by atoms with Crippen LogP contribution in [0.5, 0.6) is 0 Å². The van der Waals surface area contributed by atoms with E-state index >= 15 is 0 Å². The van der Waals surface area contributed by atoms with Crippen molar-refractivity contribution in [3.8, 4) is 0 Å². The molecular formula is C13H22O. The topological polar surface area (TPSA) is 20.2 Å². The molecule has 0 aromatic carbocycles. The van der Waals surface area contributed by atoms with Crippen LogP contribution < -0.4 is 0 Å². The van der Waals surface area contributed by atoms with Crippen molar-refractivity contribution in [2.45, 2.75) is 45.4 Å². The van der Waals surface area contributed by atoms with E-state index in [4.69, 9.17) is 5.11 Å². The molecule has 1 N–H and O–H groups in total. The van der Waals surface area contributed by atoms with E-state index in [1.54, 1.807) is 5.57 Å². The number of aliphatic hydroxyl groups is 1. The van der Waals surface area contributed by atoms with Crippen LogP contribution in [0.3, 0.4) is 0 Å². The molecule has 0 heterocycles. The number of hydrogen-bond acceptors (Lipinski definition) is 1. The molecule has 2 aliphatic carbocycles. The third kappa shape index (κ3) is 2.03. The maximum absolute atomic E-state index is 9.17. The summed E-state index contributed by atoms with van der Waals surface area (Å²) in [7, 11) is 0. The lowest BCUT2D eigenvalue weighted by atomic mass is 9.70. The number of aliphatic hydroxyl groups excluding tert-OH is 1. The van der Waals surface area contributed by atoms with Crippen LogP contribution >= 0.6 is 0 Å². The van der Waals surface area contributed by atoms with E-state index in [1.807, 2.05) is 0 Å². The van der Waals surface area contributed by atoms with E-state index in [2.05, 4.69) is 13.0 Å². The molecule has 0 bridgehead atoms. The van der Waals surface area contributed by atoms with Gasteiger partial charge in [0.2, 0.25) is 0 Å². The van der Waals surface area contributed by atoms with Crippen molar-refractivity contribution in [3.63, 3.8) is 0 Å². The highest BCUT2D eigenvalue weighted by atomic mass is 16.3. The molecule has 3 unspecified atom stereocenters. The molecule has 1 saturated carbocycles. The van der Waals surface area contributed by atoms with Gasteiger partial charge in [0.1, 0.15) is 0 Å². The Bertz CT molecular complexity index is 219. The highest BCUT2D eigenvalue weighted by Crippen LogP contribution is 2.41. The molecule has 0 saturated heterocycles. The van der Waals surface area contributed by atoms with Crippen LogP contribution in [0.15, 0.2) is 11.6 Å². The first-order chi connectivity index (χ1) is 6.81. The highest BCUT2D eigenvalue weighted by molar-refractivity contribution is 5.13. The third-order valence-electron chi connectivity index (χ3n) is 4.17. The molecule has 0 aromatic rings. The van der Waals surface area contributed by atoms with Crippen LogP contribution in [0.1, 0.15) is 45.4 Å². The van der Waals surface area contributed by atoms with E-state index in [0.29, 0.717) is 12.5 Å². The lowest BCUT2D eigenvalue weighted by Crippen LogP contribution is -2.25. The molecule has 1 fully saturated rings. The average molecular weight is 194 g/mol. The smallest absolute Gasteiger partial charge is 0.0459 e. The molecule has 1 heteroatoms. The van der Waals surface area contributed by atoms with Crippen molar-refractivity contribution in [2.24, 2.45) is 17.8 Å². The second-order valence-electron chi connectivity index (χ2n) is 5.10. The van der Waals surface area contributed by atoms with Crippen molar-refractivity contribution in [3.05, 3.63) is 11.6 Å². The van der Waals surface area contributed by atoms with Crippen LogP contribution in [-0.4, -0.2) is 11.7 Å². The van der Waals surface area contributed by atoms with Gasteiger partial charge in [0.05, 0.1) is 0 Å². The molecule has 0 radical (unpaired) electrons. The molecule has 0 aromatic heterocycles. The minimum atomic E-state index is 0.371. The summed E-state index contributed by atoms with van der Waals surface area (Å²) in [6.07, 6.45) is 10.5. The van der Waals surface area contributed by atoms with Gasteiger partial charge in [0.15, 0.2) is 0 Å². The molecule has 0 amide bonds. The zero-order valence-electron chi connectivity index (χ0n) is 9.21. The Morgan fingerprint density at radius 2 is 2.36 bits per heavy atom. The monoisotopic (exact) mass is 194 g/mol. The van der Waals surface area contributed by atoms with Crippen molar-refractivity contribution in [1.82, 2.24) is 0 Å². The first-order valence-electron chi connectivity index (χ1n) is 6.11. The van der Waals surface area contributed by atoms with Crippen molar-refractivity contribution < 1.29 is 5.11 Å². The average Bonchev–Trinajstić information content (AvgIpc) is 2.27. The van der Waals surface area contributed by atoms with E-state index in [9.17, 15) is 0 Å². The van der Waals surface area contributed by atoms with Gasteiger partial charge >= 0.3 is 0 Å². The van der Waals surface area contributed by atoms with Crippen LogP contribution in [-0.2, 0) is 0 Å². The summed E-state index contributed by atoms with van der Waals surface area (Å²) in [5, 5.41) is 9.17. The molecule has 3 atom stereocenters. The number of allylic oxidation sites excluding steroid dienone is 2. The fourth-order valence-corrected chi connectivity index (χ4v) is 3.08. The summed E-state index contributed by atoms with van der Waals surface area (Å²) in [5.41, 5.74) is 1.73. The lowest BCUT2D eigenvalue weighted by molar-refractivity contribution is 0.151. The second kappa shape index (κ2) is 4.48. The van der Waals surface area contributed by atoms with Gasteiger partial charge in [-0.2, -0.15) is 0 Å². The summed E-state index contributed by atoms with van der Waals surface area (Å²) in [6, 6.07) is 0. The highest BCUT2D eigenvalue weighted by Gasteiger charge is 2.29. The summed E-state index contributed by atoms with van der Waals surface area (Å²) in [5.74, 6) is 2.16. The predicted molar refractivity (Wildman–Crippen MR) is 59.0 cm³/mol. The van der Waals surface area contributed by atoms with Crippen LogP contribution in [0.4, 0.5) is 0 Å². The van der Waals surface area contributed by atoms with Crippen LogP contribution in [0.25, 0.3) is 0 Å². The van der Waals surface area contributed by atoms with E-state index < -0.39 is 0 Å². The third-order valence-corrected chi connectivity index (χ3v) is 4.17. The molecule has 0 spiro atoms. The van der Waals surface area contributed by atoms with Crippen LogP contribution in [0, 0.1) is 17.8 Å². The number of hydrogen-bond donors (Lipinski definition) is 1. The quantitative estimate of drug-likeness (QED) is 0.670. The Hall–Kier alpha value is -0.300. The Kier molecular flexibility index (Phi) is 3.27. The minimum Gasteiger partial charge on any atom is -0.396 e. The molecule has 80 valence electrons. The molecule has 14 heavy (non-hydrogen) atoms. The standard InChI is InChI=1S/C13H22O/c1-10(9-14)12-7-6-11-4-2-3-5-13(11)8-12/h4,10,12-14H,2-3,5-9H2,1H3. The fraction of sp³-hybridized carbons (Fsp3) is 0.846. The first kappa shape index (κ1) is 10.2. The van der Waals surface area contributed by atoms with Gasteiger partial charge in [-0.3, -0.25) is 0 Å². The van der Waals surface area contributed by atoms with Gasteiger partial charge in [0, 0.05) is 6.61 Å². The Morgan fingerprint density at radius 1 is 1.50 bits per heavy atom. The maximum Gasteiger partial charge on any atom is 0.0459 e. The van der Waals surface area contributed by atoms with Crippen molar-refractivity contribution in [2.75, 3.05) is 6.61 Å². The Morgan fingerprint density at radius 3 is 3.14 bits per heavy atom.